The van der Waals surface area contributed by atoms with Crippen molar-refractivity contribution in [1.82, 2.24) is 9.78 Å². The molecular weight excluding hydrogens is 270 g/mol. The summed E-state index contributed by atoms with van der Waals surface area (Å²) >= 11 is 0. The fraction of sp³-hybridized carbons (Fsp3) is 0.231. The minimum absolute atomic E-state index is 0.0250. The van der Waals surface area contributed by atoms with E-state index in [0.717, 1.165) is 12.1 Å². The Kier molecular flexibility index (Phi) is 2.98. The Bertz CT molecular complexity index is 697. The normalized spacial score (nSPS) is 14.1. The quantitative estimate of drug-likeness (QED) is 0.912. The molecule has 0 bridgehead atoms. The second kappa shape index (κ2) is 4.68. The number of carboxylic acid groups (broad SMARTS) is 1. The van der Waals surface area contributed by atoms with Crippen molar-refractivity contribution in [2.24, 2.45) is 0 Å². The third kappa shape index (κ3) is 1.96. The van der Waals surface area contributed by atoms with Crippen molar-refractivity contribution in [3.63, 3.8) is 0 Å². The van der Waals surface area contributed by atoms with Crippen LogP contribution in [0, 0.1) is 11.6 Å². The molecule has 5 nitrogen and oxygen atoms in total. The Hall–Kier alpha value is -2.28. The van der Waals surface area contributed by atoms with Gasteiger partial charge in [-0.25, -0.2) is 18.3 Å². The van der Waals surface area contributed by atoms with E-state index in [9.17, 15) is 13.6 Å². The van der Waals surface area contributed by atoms with E-state index in [0.29, 0.717) is 24.3 Å². The highest BCUT2D eigenvalue weighted by Crippen LogP contribution is 2.25. The van der Waals surface area contributed by atoms with E-state index < -0.39 is 17.6 Å². The van der Waals surface area contributed by atoms with E-state index in [2.05, 4.69) is 5.10 Å². The number of carbonyl (C=O) groups is 1. The van der Waals surface area contributed by atoms with E-state index >= 15 is 0 Å². The summed E-state index contributed by atoms with van der Waals surface area (Å²) in [6.07, 6.45) is 0.423. The van der Waals surface area contributed by atoms with Crippen molar-refractivity contribution in [2.45, 2.75) is 13.0 Å². The lowest BCUT2D eigenvalue weighted by atomic mass is 10.1. The molecule has 0 aliphatic carbocycles. The summed E-state index contributed by atoms with van der Waals surface area (Å²) < 4.78 is 33.2. The van der Waals surface area contributed by atoms with Gasteiger partial charge in [0.1, 0.15) is 11.5 Å². The SMILES string of the molecule is O=C(O)c1nn(-c2ccc(F)cc2F)c2c1COCC2. The molecule has 3 rings (SSSR count). The summed E-state index contributed by atoms with van der Waals surface area (Å²) in [6.45, 7) is 0.528. The average molecular weight is 280 g/mol. The first-order valence-electron chi connectivity index (χ1n) is 5.95. The highest BCUT2D eigenvalue weighted by molar-refractivity contribution is 5.87. The first kappa shape index (κ1) is 12.7. The zero-order chi connectivity index (χ0) is 14.3. The van der Waals surface area contributed by atoms with Crippen LogP contribution in [0.2, 0.25) is 0 Å². The van der Waals surface area contributed by atoms with Gasteiger partial charge in [0.25, 0.3) is 0 Å². The van der Waals surface area contributed by atoms with E-state index in [4.69, 9.17) is 9.84 Å². The highest BCUT2D eigenvalue weighted by atomic mass is 19.1. The van der Waals surface area contributed by atoms with Crippen LogP contribution in [0.4, 0.5) is 8.78 Å². The molecule has 1 aromatic carbocycles. The Labute approximate surface area is 112 Å². The number of hydrogen-bond acceptors (Lipinski definition) is 3. The largest absolute Gasteiger partial charge is 0.476 e. The summed E-state index contributed by atoms with van der Waals surface area (Å²) in [5.41, 5.74) is 0.882. The van der Waals surface area contributed by atoms with Gasteiger partial charge < -0.3 is 9.84 Å². The van der Waals surface area contributed by atoms with Gasteiger partial charge in [-0.05, 0) is 12.1 Å². The molecule has 20 heavy (non-hydrogen) atoms. The fourth-order valence-electron chi connectivity index (χ4n) is 2.26. The number of benzene rings is 1. The third-order valence-corrected chi connectivity index (χ3v) is 3.16. The van der Waals surface area contributed by atoms with Gasteiger partial charge in [0.05, 0.1) is 18.9 Å². The van der Waals surface area contributed by atoms with Gasteiger partial charge in [-0.1, -0.05) is 0 Å². The summed E-state index contributed by atoms with van der Waals surface area (Å²) in [4.78, 5) is 11.2. The minimum atomic E-state index is -1.20. The Morgan fingerprint density at radius 1 is 1.40 bits per heavy atom. The lowest BCUT2D eigenvalue weighted by Gasteiger charge is -2.15. The molecule has 0 radical (unpaired) electrons. The number of aromatic nitrogens is 2. The maximum absolute atomic E-state index is 13.8. The third-order valence-electron chi connectivity index (χ3n) is 3.16. The van der Waals surface area contributed by atoms with Crippen LogP contribution < -0.4 is 0 Å². The molecule has 1 aliphatic rings. The zero-order valence-corrected chi connectivity index (χ0v) is 10.3. The van der Waals surface area contributed by atoms with Crippen molar-refractivity contribution in [3.05, 3.63) is 46.8 Å². The van der Waals surface area contributed by atoms with Crippen molar-refractivity contribution in [1.29, 1.82) is 0 Å². The Morgan fingerprint density at radius 2 is 2.20 bits per heavy atom. The smallest absolute Gasteiger partial charge is 0.356 e. The van der Waals surface area contributed by atoms with Gasteiger partial charge in [0.15, 0.2) is 11.5 Å². The van der Waals surface area contributed by atoms with Gasteiger partial charge in [-0.3, -0.25) is 0 Å². The fourth-order valence-corrected chi connectivity index (χ4v) is 2.26. The Balaban J connectivity index is 2.21. The van der Waals surface area contributed by atoms with Crippen LogP contribution in [-0.2, 0) is 17.8 Å². The van der Waals surface area contributed by atoms with Gasteiger partial charge in [0, 0.05) is 18.1 Å². The topological polar surface area (TPSA) is 64.3 Å². The minimum Gasteiger partial charge on any atom is -0.476 e. The maximum Gasteiger partial charge on any atom is 0.356 e. The zero-order valence-electron chi connectivity index (χ0n) is 10.3. The monoisotopic (exact) mass is 280 g/mol. The standard InChI is InChI=1S/C13H10F2N2O3/c14-7-1-2-11(9(15)5-7)17-10-3-4-20-6-8(10)12(16-17)13(18)19/h1-2,5H,3-4,6H2,(H,18,19). The summed E-state index contributed by atoms with van der Waals surface area (Å²) in [5, 5.41) is 13.1. The molecule has 2 heterocycles. The average Bonchev–Trinajstić information content (AvgIpc) is 2.78. The Morgan fingerprint density at radius 3 is 2.90 bits per heavy atom. The van der Waals surface area contributed by atoms with Crippen LogP contribution in [0.5, 0.6) is 0 Å². The number of nitrogens with zero attached hydrogens (tertiary/aromatic N) is 2. The number of fused-ring (bicyclic) bond motifs is 1. The van der Waals surface area contributed by atoms with E-state index in [-0.39, 0.29) is 18.0 Å². The molecule has 0 spiro atoms. The van der Waals surface area contributed by atoms with Crippen LogP contribution in [-0.4, -0.2) is 27.5 Å². The molecule has 0 atom stereocenters. The lowest BCUT2D eigenvalue weighted by molar-refractivity contribution is 0.0677. The van der Waals surface area contributed by atoms with Crippen molar-refractivity contribution < 1.29 is 23.4 Å². The predicted octanol–water partition coefficient (Wildman–Crippen LogP) is 1.92. The van der Waals surface area contributed by atoms with E-state index in [1.165, 1.54) is 10.7 Å². The first-order chi connectivity index (χ1) is 9.58. The van der Waals surface area contributed by atoms with Gasteiger partial charge in [-0.2, -0.15) is 5.10 Å². The van der Waals surface area contributed by atoms with Crippen LogP contribution in [0.3, 0.4) is 0 Å². The maximum atomic E-state index is 13.8. The lowest BCUT2D eigenvalue weighted by Crippen LogP contribution is -2.14. The molecule has 0 fully saturated rings. The molecule has 1 aliphatic heterocycles. The van der Waals surface area contributed by atoms with Crippen molar-refractivity contribution >= 4 is 5.97 Å². The molecule has 0 saturated heterocycles. The number of rotatable bonds is 2. The summed E-state index contributed by atoms with van der Waals surface area (Å²) in [6, 6.07) is 3.08. The van der Waals surface area contributed by atoms with Crippen LogP contribution in [0.1, 0.15) is 21.7 Å². The molecule has 0 amide bonds. The summed E-state index contributed by atoms with van der Waals surface area (Å²) in [7, 11) is 0. The second-order valence-electron chi connectivity index (χ2n) is 4.39. The second-order valence-corrected chi connectivity index (χ2v) is 4.39. The van der Waals surface area contributed by atoms with Crippen LogP contribution in [0.15, 0.2) is 18.2 Å². The molecule has 0 saturated carbocycles. The number of hydrogen-bond donors (Lipinski definition) is 1. The number of aromatic carboxylic acids is 1. The summed E-state index contributed by atoms with van der Waals surface area (Å²) in [5.74, 6) is -2.69. The molecule has 0 unspecified atom stereocenters. The molecule has 7 heteroatoms. The first-order valence-corrected chi connectivity index (χ1v) is 5.95. The highest BCUT2D eigenvalue weighted by Gasteiger charge is 2.26. The van der Waals surface area contributed by atoms with E-state index in [1.54, 1.807) is 0 Å². The van der Waals surface area contributed by atoms with Gasteiger partial charge >= 0.3 is 5.97 Å². The molecular formula is C13H10F2N2O3. The van der Waals surface area contributed by atoms with Gasteiger partial charge in [-0.15, -0.1) is 0 Å². The van der Waals surface area contributed by atoms with Gasteiger partial charge in [0.2, 0.25) is 0 Å². The predicted molar refractivity (Wildman–Crippen MR) is 63.8 cm³/mol. The number of carboxylic acids is 1. The molecule has 104 valence electrons. The number of ether oxygens (including phenoxy) is 1. The van der Waals surface area contributed by atoms with Crippen LogP contribution >= 0.6 is 0 Å². The van der Waals surface area contributed by atoms with Crippen molar-refractivity contribution in [3.8, 4) is 5.69 Å². The van der Waals surface area contributed by atoms with Crippen LogP contribution in [0.25, 0.3) is 5.69 Å². The molecule has 1 N–H and O–H groups in total. The van der Waals surface area contributed by atoms with E-state index in [1.807, 2.05) is 0 Å². The van der Waals surface area contributed by atoms with Crippen molar-refractivity contribution in [2.75, 3.05) is 6.61 Å². The molecule has 2 aromatic rings. The number of halogens is 2. The molecule has 1 aromatic heterocycles.